The number of hydrogen-bond acceptors (Lipinski definition) is 2. The van der Waals surface area contributed by atoms with Crippen LogP contribution in [0.25, 0.3) is 0 Å². The van der Waals surface area contributed by atoms with E-state index in [0.717, 1.165) is 12.8 Å². The maximum absolute atomic E-state index is 11.2. The average molecular weight is 187 g/mol. The molecule has 0 aromatic carbocycles. The number of nitrogens with one attached hydrogen (secondary N) is 1. The van der Waals surface area contributed by atoms with Crippen LogP contribution in [0.5, 0.6) is 0 Å². The minimum atomic E-state index is -0.836. The number of aliphatic hydroxyl groups excluding tert-OH is 1. The van der Waals surface area contributed by atoms with Crippen molar-refractivity contribution in [1.29, 1.82) is 0 Å². The molecular weight excluding hydrogens is 166 g/mol. The van der Waals surface area contributed by atoms with Crippen LogP contribution in [-0.2, 0) is 4.79 Å². The van der Waals surface area contributed by atoms with Crippen molar-refractivity contribution in [2.45, 2.75) is 46.1 Å². The fourth-order valence-corrected chi connectivity index (χ4v) is 1.06. The summed E-state index contributed by atoms with van der Waals surface area (Å²) in [5.74, 6) is 0.120. The predicted molar refractivity (Wildman–Crippen MR) is 53.4 cm³/mol. The Bertz CT molecular complexity index is 146. The third-order valence-electron chi connectivity index (χ3n) is 1.83. The first-order valence-electron chi connectivity index (χ1n) is 5.03. The standard InChI is InChI=1S/C10H21NO2/c1-4-5-6-11-10(13)9(12)7-8(2)3/h8-9,12H,4-7H2,1-3H3,(H,11,13). The van der Waals surface area contributed by atoms with Crippen molar-refractivity contribution in [2.75, 3.05) is 6.54 Å². The molecule has 1 atom stereocenters. The first-order valence-corrected chi connectivity index (χ1v) is 5.03. The van der Waals surface area contributed by atoms with E-state index >= 15 is 0 Å². The number of aliphatic hydroxyl groups is 1. The molecule has 0 aromatic heterocycles. The lowest BCUT2D eigenvalue weighted by Crippen LogP contribution is -2.35. The molecule has 0 rings (SSSR count). The highest BCUT2D eigenvalue weighted by Crippen LogP contribution is 2.04. The van der Waals surface area contributed by atoms with E-state index < -0.39 is 6.10 Å². The molecule has 0 saturated carbocycles. The Balaban J connectivity index is 3.57. The molecular formula is C10H21NO2. The Morgan fingerprint density at radius 2 is 2.08 bits per heavy atom. The van der Waals surface area contributed by atoms with E-state index in [2.05, 4.69) is 12.2 Å². The number of hydrogen-bond donors (Lipinski definition) is 2. The predicted octanol–water partition coefficient (Wildman–Crippen LogP) is 1.31. The highest BCUT2D eigenvalue weighted by atomic mass is 16.3. The summed E-state index contributed by atoms with van der Waals surface area (Å²) < 4.78 is 0. The van der Waals surface area contributed by atoms with Gasteiger partial charge in [0, 0.05) is 6.54 Å². The van der Waals surface area contributed by atoms with Crippen LogP contribution in [0.2, 0.25) is 0 Å². The maximum atomic E-state index is 11.2. The van der Waals surface area contributed by atoms with Crippen LogP contribution in [0.1, 0.15) is 40.0 Å². The van der Waals surface area contributed by atoms with Crippen LogP contribution in [0.3, 0.4) is 0 Å². The molecule has 0 heterocycles. The zero-order valence-corrected chi connectivity index (χ0v) is 8.84. The zero-order valence-electron chi connectivity index (χ0n) is 8.84. The van der Waals surface area contributed by atoms with Gasteiger partial charge in [0.15, 0.2) is 0 Å². The number of unbranched alkanes of at least 4 members (excludes halogenated alkanes) is 1. The minimum absolute atomic E-state index is 0.234. The Kier molecular flexibility index (Phi) is 6.59. The van der Waals surface area contributed by atoms with Crippen LogP contribution in [0.15, 0.2) is 0 Å². The quantitative estimate of drug-likeness (QED) is 0.616. The average Bonchev–Trinajstić information content (AvgIpc) is 2.03. The van der Waals surface area contributed by atoms with Crippen molar-refractivity contribution in [1.82, 2.24) is 5.32 Å². The highest BCUT2D eigenvalue weighted by Gasteiger charge is 2.15. The molecule has 0 aliphatic rings. The lowest BCUT2D eigenvalue weighted by atomic mass is 10.1. The van der Waals surface area contributed by atoms with Crippen LogP contribution in [0.4, 0.5) is 0 Å². The molecule has 0 fully saturated rings. The molecule has 1 unspecified atom stereocenters. The number of carbonyl (C=O) groups is 1. The number of carbonyl (C=O) groups excluding carboxylic acids is 1. The maximum Gasteiger partial charge on any atom is 0.248 e. The summed E-state index contributed by atoms with van der Waals surface area (Å²) in [7, 11) is 0. The van der Waals surface area contributed by atoms with Gasteiger partial charge in [-0.3, -0.25) is 4.79 Å². The molecule has 0 bridgehead atoms. The van der Waals surface area contributed by atoms with Gasteiger partial charge in [-0.1, -0.05) is 27.2 Å². The van der Waals surface area contributed by atoms with Gasteiger partial charge in [0.2, 0.25) is 5.91 Å². The summed E-state index contributed by atoms with van der Waals surface area (Å²) >= 11 is 0. The van der Waals surface area contributed by atoms with Gasteiger partial charge in [0.1, 0.15) is 6.10 Å². The van der Waals surface area contributed by atoms with E-state index in [0.29, 0.717) is 18.9 Å². The molecule has 2 N–H and O–H groups in total. The largest absolute Gasteiger partial charge is 0.383 e. The summed E-state index contributed by atoms with van der Waals surface area (Å²) in [6.07, 6.45) is 1.73. The summed E-state index contributed by atoms with van der Waals surface area (Å²) in [5.41, 5.74) is 0. The van der Waals surface area contributed by atoms with Crippen molar-refractivity contribution in [3.8, 4) is 0 Å². The van der Waals surface area contributed by atoms with Crippen molar-refractivity contribution in [2.24, 2.45) is 5.92 Å². The normalized spacial score (nSPS) is 13.0. The topological polar surface area (TPSA) is 49.3 Å². The fraction of sp³-hybridized carbons (Fsp3) is 0.900. The molecule has 78 valence electrons. The molecule has 13 heavy (non-hydrogen) atoms. The third kappa shape index (κ3) is 6.58. The first kappa shape index (κ1) is 12.4. The molecule has 0 spiro atoms. The van der Waals surface area contributed by atoms with Gasteiger partial charge in [-0.05, 0) is 18.8 Å². The van der Waals surface area contributed by atoms with Crippen molar-refractivity contribution in [3.63, 3.8) is 0 Å². The zero-order chi connectivity index (χ0) is 10.3. The number of amides is 1. The second kappa shape index (κ2) is 6.89. The molecule has 0 aliphatic heterocycles. The van der Waals surface area contributed by atoms with Crippen molar-refractivity contribution >= 4 is 5.91 Å². The minimum Gasteiger partial charge on any atom is -0.383 e. The molecule has 3 nitrogen and oxygen atoms in total. The Morgan fingerprint density at radius 3 is 2.54 bits per heavy atom. The van der Waals surface area contributed by atoms with Gasteiger partial charge in [-0.2, -0.15) is 0 Å². The monoisotopic (exact) mass is 187 g/mol. The van der Waals surface area contributed by atoms with Gasteiger partial charge in [0.25, 0.3) is 0 Å². The second-order valence-electron chi connectivity index (χ2n) is 3.79. The second-order valence-corrected chi connectivity index (χ2v) is 3.79. The lowest BCUT2D eigenvalue weighted by molar-refractivity contribution is -0.130. The molecule has 1 amide bonds. The van der Waals surface area contributed by atoms with Gasteiger partial charge in [-0.25, -0.2) is 0 Å². The van der Waals surface area contributed by atoms with Crippen LogP contribution in [0, 0.1) is 5.92 Å². The van der Waals surface area contributed by atoms with E-state index in [1.54, 1.807) is 0 Å². The highest BCUT2D eigenvalue weighted by molar-refractivity contribution is 5.80. The van der Waals surface area contributed by atoms with Crippen LogP contribution >= 0.6 is 0 Å². The smallest absolute Gasteiger partial charge is 0.248 e. The molecule has 3 heteroatoms. The van der Waals surface area contributed by atoms with Gasteiger partial charge in [0.05, 0.1) is 0 Å². The fourth-order valence-electron chi connectivity index (χ4n) is 1.06. The van der Waals surface area contributed by atoms with E-state index in [9.17, 15) is 9.90 Å². The first-order chi connectivity index (χ1) is 6.07. The Labute approximate surface area is 80.5 Å². The van der Waals surface area contributed by atoms with E-state index in [4.69, 9.17) is 0 Å². The molecule has 0 aromatic rings. The summed E-state index contributed by atoms with van der Waals surface area (Å²) in [5, 5.41) is 12.1. The van der Waals surface area contributed by atoms with Gasteiger partial charge >= 0.3 is 0 Å². The third-order valence-corrected chi connectivity index (χ3v) is 1.83. The molecule has 0 saturated heterocycles. The van der Waals surface area contributed by atoms with Crippen LogP contribution < -0.4 is 5.32 Å². The van der Waals surface area contributed by atoms with Crippen molar-refractivity contribution in [3.05, 3.63) is 0 Å². The van der Waals surface area contributed by atoms with Crippen LogP contribution in [-0.4, -0.2) is 23.7 Å². The summed E-state index contributed by atoms with van der Waals surface area (Å²) in [4.78, 5) is 11.2. The molecule has 0 radical (unpaired) electrons. The summed E-state index contributed by atoms with van der Waals surface area (Å²) in [6, 6.07) is 0. The molecule has 0 aliphatic carbocycles. The lowest BCUT2D eigenvalue weighted by Gasteiger charge is -2.12. The summed E-state index contributed by atoms with van der Waals surface area (Å²) in [6.45, 7) is 6.71. The Morgan fingerprint density at radius 1 is 1.46 bits per heavy atom. The van der Waals surface area contributed by atoms with E-state index in [1.165, 1.54) is 0 Å². The van der Waals surface area contributed by atoms with Gasteiger partial charge < -0.3 is 10.4 Å². The van der Waals surface area contributed by atoms with Crippen molar-refractivity contribution < 1.29 is 9.90 Å². The van der Waals surface area contributed by atoms with E-state index in [-0.39, 0.29) is 5.91 Å². The SMILES string of the molecule is CCCCNC(=O)C(O)CC(C)C. The van der Waals surface area contributed by atoms with E-state index in [1.807, 2.05) is 13.8 Å². The van der Waals surface area contributed by atoms with Gasteiger partial charge in [-0.15, -0.1) is 0 Å². The number of rotatable bonds is 6. The Hall–Kier alpha value is -0.570.